The van der Waals surface area contributed by atoms with Crippen molar-refractivity contribution in [2.45, 2.75) is 33.2 Å². The standard InChI is InChI=1S/C20H27N3O/c1-15-6-9-18(16(2)13-15)14-23-20(21-3)22-12-4-5-17-7-10-19(24)11-8-17/h6-11,13,24H,4-5,12,14H2,1-3H3,(H2,21,22,23). The van der Waals surface area contributed by atoms with Gasteiger partial charge in [0.25, 0.3) is 0 Å². The summed E-state index contributed by atoms with van der Waals surface area (Å²) in [6, 6.07) is 13.9. The van der Waals surface area contributed by atoms with E-state index in [0.29, 0.717) is 5.75 Å². The van der Waals surface area contributed by atoms with Crippen LogP contribution in [0.5, 0.6) is 5.75 Å². The van der Waals surface area contributed by atoms with E-state index in [1.807, 2.05) is 12.1 Å². The summed E-state index contributed by atoms with van der Waals surface area (Å²) in [5.74, 6) is 1.13. The van der Waals surface area contributed by atoms with Crippen LogP contribution in [0.2, 0.25) is 0 Å². The average molecular weight is 325 g/mol. The van der Waals surface area contributed by atoms with Crippen LogP contribution in [0.4, 0.5) is 0 Å². The maximum Gasteiger partial charge on any atom is 0.191 e. The smallest absolute Gasteiger partial charge is 0.191 e. The molecule has 4 heteroatoms. The molecule has 24 heavy (non-hydrogen) atoms. The zero-order valence-corrected chi connectivity index (χ0v) is 14.8. The van der Waals surface area contributed by atoms with Crippen LogP contribution in [0.25, 0.3) is 0 Å². The molecule has 0 aliphatic rings. The fourth-order valence-corrected chi connectivity index (χ4v) is 2.61. The van der Waals surface area contributed by atoms with Crippen molar-refractivity contribution in [2.24, 2.45) is 4.99 Å². The quantitative estimate of drug-likeness (QED) is 0.434. The number of aromatic hydroxyl groups is 1. The van der Waals surface area contributed by atoms with Gasteiger partial charge in [-0.25, -0.2) is 0 Å². The molecule has 0 saturated carbocycles. The third kappa shape index (κ3) is 5.61. The molecule has 0 fully saturated rings. The molecule has 2 aromatic carbocycles. The number of benzene rings is 2. The molecule has 0 atom stereocenters. The zero-order chi connectivity index (χ0) is 17.4. The van der Waals surface area contributed by atoms with E-state index in [-0.39, 0.29) is 0 Å². The first-order valence-electron chi connectivity index (χ1n) is 8.37. The summed E-state index contributed by atoms with van der Waals surface area (Å²) in [7, 11) is 1.79. The molecule has 0 unspecified atom stereocenters. The van der Waals surface area contributed by atoms with E-state index in [0.717, 1.165) is 31.9 Å². The van der Waals surface area contributed by atoms with E-state index in [2.05, 4.69) is 47.7 Å². The van der Waals surface area contributed by atoms with Crippen LogP contribution in [-0.2, 0) is 13.0 Å². The van der Waals surface area contributed by atoms with E-state index in [1.54, 1.807) is 19.2 Å². The summed E-state index contributed by atoms with van der Waals surface area (Å²) in [6.07, 6.45) is 1.98. The van der Waals surface area contributed by atoms with E-state index >= 15 is 0 Å². The van der Waals surface area contributed by atoms with Crippen LogP contribution in [0.1, 0.15) is 28.7 Å². The number of phenols is 1. The molecule has 0 radical (unpaired) electrons. The lowest BCUT2D eigenvalue weighted by Crippen LogP contribution is -2.37. The summed E-state index contributed by atoms with van der Waals surface area (Å²) in [5.41, 5.74) is 5.10. The van der Waals surface area contributed by atoms with Crippen LogP contribution < -0.4 is 10.6 Å². The Balaban J connectivity index is 1.73. The monoisotopic (exact) mass is 325 g/mol. The molecule has 0 amide bonds. The van der Waals surface area contributed by atoms with Gasteiger partial charge in [0.2, 0.25) is 0 Å². The summed E-state index contributed by atoms with van der Waals surface area (Å²) >= 11 is 0. The maximum atomic E-state index is 9.28. The lowest BCUT2D eigenvalue weighted by molar-refractivity contribution is 0.475. The van der Waals surface area contributed by atoms with Gasteiger partial charge in [0.05, 0.1) is 0 Å². The molecule has 128 valence electrons. The average Bonchev–Trinajstić information content (AvgIpc) is 2.57. The maximum absolute atomic E-state index is 9.28. The largest absolute Gasteiger partial charge is 0.508 e. The minimum atomic E-state index is 0.313. The van der Waals surface area contributed by atoms with Crippen molar-refractivity contribution < 1.29 is 5.11 Å². The molecule has 0 spiro atoms. The number of hydrogen-bond donors (Lipinski definition) is 3. The van der Waals surface area contributed by atoms with Gasteiger partial charge in [-0.2, -0.15) is 0 Å². The number of aliphatic imine (C=N–C) groups is 1. The van der Waals surface area contributed by atoms with Crippen LogP contribution in [0.3, 0.4) is 0 Å². The van der Waals surface area contributed by atoms with Gasteiger partial charge >= 0.3 is 0 Å². The van der Waals surface area contributed by atoms with Crippen molar-refractivity contribution >= 4 is 5.96 Å². The molecule has 0 aliphatic heterocycles. The highest BCUT2D eigenvalue weighted by Crippen LogP contribution is 2.11. The third-order valence-electron chi connectivity index (χ3n) is 4.04. The van der Waals surface area contributed by atoms with Crippen LogP contribution in [0, 0.1) is 13.8 Å². The van der Waals surface area contributed by atoms with Crippen molar-refractivity contribution in [3.63, 3.8) is 0 Å². The van der Waals surface area contributed by atoms with Gasteiger partial charge in [0.1, 0.15) is 5.75 Å². The molecule has 0 aliphatic carbocycles. The fraction of sp³-hybridized carbons (Fsp3) is 0.350. The Morgan fingerprint density at radius 3 is 2.46 bits per heavy atom. The lowest BCUT2D eigenvalue weighted by atomic mass is 10.1. The predicted molar refractivity (Wildman–Crippen MR) is 101 cm³/mol. The number of phenolic OH excluding ortho intramolecular Hbond substituents is 1. The summed E-state index contributed by atoms with van der Waals surface area (Å²) in [5, 5.41) is 16.0. The van der Waals surface area contributed by atoms with Crippen LogP contribution in [0.15, 0.2) is 47.5 Å². The Kier molecular flexibility index (Phi) is 6.67. The van der Waals surface area contributed by atoms with Gasteiger partial charge in [-0.05, 0) is 55.5 Å². The minimum absolute atomic E-state index is 0.313. The second kappa shape index (κ2) is 8.96. The Morgan fingerprint density at radius 1 is 1.04 bits per heavy atom. The molecule has 0 aromatic heterocycles. The Labute approximate surface area is 144 Å². The molecule has 0 heterocycles. The van der Waals surface area contributed by atoms with Crippen LogP contribution >= 0.6 is 0 Å². The van der Waals surface area contributed by atoms with E-state index in [4.69, 9.17) is 0 Å². The van der Waals surface area contributed by atoms with Gasteiger partial charge < -0.3 is 15.7 Å². The number of nitrogens with zero attached hydrogens (tertiary/aromatic N) is 1. The molecule has 3 N–H and O–H groups in total. The van der Waals surface area contributed by atoms with Gasteiger partial charge in [0, 0.05) is 20.1 Å². The lowest BCUT2D eigenvalue weighted by Gasteiger charge is -2.13. The fourth-order valence-electron chi connectivity index (χ4n) is 2.61. The first-order chi connectivity index (χ1) is 11.6. The minimum Gasteiger partial charge on any atom is -0.508 e. The molecule has 0 bridgehead atoms. The highest BCUT2D eigenvalue weighted by atomic mass is 16.3. The third-order valence-corrected chi connectivity index (χ3v) is 4.04. The molecule has 0 saturated heterocycles. The van der Waals surface area contributed by atoms with Gasteiger partial charge in [-0.15, -0.1) is 0 Å². The summed E-state index contributed by atoms with van der Waals surface area (Å²) in [6.45, 7) is 5.87. The Morgan fingerprint density at radius 2 is 1.79 bits per heavy atom. The molecular weight excluding hydrogens is 298 g/mol. The number of hydrogen-bond acceptors (Lipinski definition) is 2. The number of aryl methyl sites for hydroxylation is 3. The predicted octanol–water partition coefficient (Wildman–Crippen LogP) is 3.31. The second-order valence-corrected chi connectivity index (χ2v) is 6.05. The normalized spacial score (nSPS) is 11.4. The van der Waals surface area contributed by atoms with Crippen molar-refractivity contribution in [2.75, 3.05) is 13.6 Å². The first kappa shape index (κ1) is 17.9. The van der Waals surface area contributed by atoms with E-state index in [1.165, 1.54) is 22.3 Å². The Bertz CT molecular complexity index is 678. The number of rotatable bonds is 6. The topological polar surface area (TPSA) is 56.7 Å². The van der Waals surface area contributed by atoms with Crippen molar-refractivity contribution in [1.29, 1.82) is 0 Å². The summed E-state index contributed by atoms with van der Waals surface area (Å²) in [4.78, 5) is 4.27. The summed E-state index contributed by atoms with van der Waals surface area (Å²) < 4.78 is 0. The molecular formula is C20H27N3O. The first-order valence-corrected chi connectivity index (χ1v) is 8.37. The van der Waals surface area contributed by atoms with Gasteiger partial charge in [-0.3, -0.25) is 4.99 Å². The number of nitrogens with one attached hydrogen (secondary N) is 2. The molecule has 4 nitrogen and oxygen atoms in total. The van der Waals surface area contributed by atoms with Crippen molar-refractivity contribution in [1.82, 2.24) is 10.6 Å². The molecule has 2 aromatic rings. The highest BCUT2D eigenvalue weighted by Gasteiger charge is 2.01. The van der Waals surface area contributed by atoms with Crippen molar-refractivity contribution in [3.05, 3.63) is 64.7 Å². The van der Waals surface area contributed by atoms with Crippen LogP contribution in [-0.4, -0.2) is 24.7 Å². The Hall–Kier alpha value is -2.49. The van der Waals surface area contributed by atoms with Crippen molar-refractivity contribution in [3.8, 4) is 5.75 Å². The van der Waals surface area contributed by atoms with E-state index in [9.17, 15) is 5.11 Å². The SMILES string of the molecule is CN=C(NCCCc1ccc(O)cc1)NCc1ccc(C)cc1C. The molecule has 2 rings (SSSR count). The van der Waals surface area contributed by atoms with E-state index < -0.39 is 0 Å². The number of guanidine groups is 1. The highest BCUT2D eigenvalue weighted by molar-refractivity contribution is 5.79. The van der Waals surface area contributed by atoms with Gasteiger partial charge in [0.15, 0.2) is 5.96 Å². The van der Waals surface area contributed by atoms with Gasteiger partial charge in [-0.1, -0.05) is 35.9 Å². The zero-order valence-electron chi connectivity index (χ0n) is 14.8. The second-order valence-electron chi connectivity index (χ2n) is 6.05.